The van der Waals surface area contributed by atoms with Gasteiger partial charge in [-0.05, 0) is 47.4 Å². The first-order valence-corrected chi connectivity index (χ1v) is 8.48. The standard InChI is InChI=1S/C19H18ClN5.ClH/c20-16-3-1-2-12(9-16)13-4-5-17-14(8-13)6-7-25(17)11-15-10-23-19(22)24-18(15)21;/h1-5,8-10H,6-7,11H2,(H4,21,22,23,24);1H. The average molecular weight is 388 g/mol. The first-order chi connectivity index (χ1) is 12.1. The molecule has 7 heteroatoms. The van der Waals surface area contributed by atoms with Crippen LogP contribution in [0, 0.1) is 0 Å². The van der Waals surface area contributed by atoms with Gasteiger partial charge < -0.3 is 16.4 Å². The first-order valence-electron chi connectivity index (χ1n) is 8.11. The van der Waals surface area contributed by atoms with Gasteiger partial charge in [-0.1, -0.05) is 29.8 Å². The normalized spacial score (nSPS) is 12.6. The molecule has 0 saturated heterocycles. The summed E-state index contributed by atoms with van der Waals surface area (Å²) in [4.78, 5) is 10.4. The molecule has 0 unspecified atom stereocenters. The summed E-state index contributed by atoms with van der Waals surface area (Å²) in [6.07, 6.45) is 2.70. The highest BCUT2D eigenvalue weighted by atomic mass is 35.5. The Bertz CT molecular complexity index is 945. The molecule has 0 amide bonds. The van der Waals surface area contributed by atoms with Crippen LogP contribution in [0.15, 0.2) is 48.7 Å². The predicted molar refractivity (Wildman–Crippen MR) is 110 cm³/mol. The second-order valence-electron chi connectivity index (χ2n) is 6.16. The van der Waals surface area contributed by atoms with Gasteiger partial charge in [-0.2, -0.15) is 4.98 Å². The van der Waals surface area contributed by atoms with Crippen LogP contribution in [0.4, 0.5) is 17.5 Å². The molecule has 0 spiro atoms. The summed E-state index contributed by atoms with van der Waals surface area (Å²) in [5.74, 6) is 0.644. The van der Waals surface area contributed by atoms with E-state index in [9.17, 15) is 0 Å². The second kappa shape index (κ2) is 7.40. The summed E-state index contributed by atoms with van der Waals surface area (Å²) in [6, 6.07) is 14.5. The van der Waals surface area contributed by atoms with Crippen LogP contribution in [0.3, 0.4) is 0 Å². The molecule has 0 aliphatic carbocycles. The summed E-state index contributed by atoms with van der Waals surface area (Å²) in [5, 5.41) is 0.749. The van der Waals surface area contributed by atoms with Crippen molar-refractivity contribution in [2.75, 3.05) is 22.9 Å². The first kappa shape index (κ1) is 18.3. The van der Waals surface area contributed by atoms with Crippen molar-refractivity contribution in [2.24, 2.45) is 0 Å². The van der Waals surface area contributed by atoms with Crippen molar-refractivity contribution in [1.29, 1.82) is 0 Å². The van der Waals surface area contributed by atoms with Gasteiger partial charge >= 0.3 is 0 Å². The lowest BCUT2D eigenvalue weighted by atomic mass is 10.0. The van der Waals surface area contributed by atoms with Gasteiger partial charge in [-0.3, -0.25) is 0 Å². The zero-order chi connectivity index (χ0) is 17.4. The number of rotatable bonds is 3. The van der Waals surface area contributed by atoms with Gasteiger partial charge in [0.2, 0.25) is 5.95 Å². The molecule has 1 aromatic heterocycles. The fourth-order valence-electron chi connectivity index (χ4n) is 3.24. The van der Waals surface area contributed by atoms with E-state index < -0.39 is 0 Å². The topological polar surface area (TPSA) is 81.1 Å². The second-order valence-corrected chi connectivity index (χ2v) is 6.60. The Morgan fingerprint density at radius 2 is 1.88 bits per heavy atom. The van der Waals surface area contributed by atoms with Crippen LogP contribution in [-0.4, -0.2) is 16.5 Å². The number of anilines is 3. The van der Waals surface area contributed by atoms with Crippen LogP contribution < -0.4 is 16.4 Å². The lowest BCUT2D eigenvalue weighted by Gasteiger charge is -2.20. The third kappa shape index (κ3) is 3.54. The fourth-order valence-corrected chi connectivity index (χ4v) is 3.43. The molecule has 1 aliphatic rings. The van der Waals surface area contributed by atoms with Crippen LogP contribution in [0.5, 0.6) is 0 Å². The molecule has 2 aromatic carbocycles. The largest absolute Gasteiger partial charge is 0.383 e. The molecule has 134 valence electrons. The van der Waals surface area contributed by atoms with Gasteiger partial charge in [0.1, 0.15) is 5.82 Å². The molecule has 5 nitrogen and oxygen atoms in total. The number of aromatic nitrogens is 2. The lowest BCUT2D eigenvalue weighted by molar-refractivity contribution is 0.830. The van der Waals surface area contributed by atoms with Gasteiger partial charge in [0, 0.05) is 35.6 Å². The quantitative estimate of drug-likeness (QED) is 0.710. The molecule has 0 saturated carbocycles. The summed E-state index contributed by atoms with van der Waals surface area (Å²) >= 11 is 6.11. The van der Waals surface area contributed by atoms with Gasteiger partial charge in [0.05, 0.1) is 0 Å². The Morgan fingerprint density at radius 3 is 2.65 bits per heavy atom. The van der Waals surface area contributed by atoms with Gasteiger partial charge in [0.25, 0.3) is 0 Å². The average Bonchev–Trinajstić information content (AvgIpc) is 2.99. The fraction of sp³-hybridized carbons (Fsp3) is 0.158. The predicted octanol–water partition coefficient (Wildman–Crippen LogP) is 3.95. The summed E-state index contributed by atoms with van der Waals surface area (Å²) in [6.45, 7) is 1.62. The van der Waals surface area contributed by atoms with E-state index in [-0.39, 0.29) is 18.4 Å². The van der Waals surface area contributed by atoms with E-state index in [4.69, 9.17) is 23.1 Å². The van der Waals surface area contributed by atoms with Crippen LogP contribution >= 0.6 is 24.0 Å². The van der Waals surface area contributed by atoms with Crippen molar-refractivity contribution in [3.8, 4) is 11.1 Å². The summed E-state index contributed by atoms with van der Waals surface area (Å²) in [7, 11) is 0. The van der Waals surface area contributed by atoms with E-state index in [1.807, 2.05) is 18.2 Å². The zero-order valence-electron chi connectivity index (χ0n) is 14.0. The molecule has 0 bridgehead atoms. The van der Waals surface area contributed by atoms with Crippen molar-refractivity contribution < 1.29 is 0 Å². The van der Waals surface area contributed by atoms with Gasteiger partial charge in [-0.15, -0.1) is 12.4 Å². The maximum absolute atomic E-state index is 6.11. The molecule has 4 N–H and O–H groups in total. The lowest BCUT2D eigenvalue weighted by Crippen LogP contribution is -2.21. The third-order valence-corrected chi connectivity index (χ3v) is 4.74. The number of nitrogens with two attached hydrogens (primary N) is 2. The number of hydrogen-bond donors (Lipinski definition) is 2. The number of benzene rings is 2. The molecule has 4 rings (SSSR count). The smallest absolute Gasteiger partial charge is 0.221 e. The summed E-state index contributed by atoms with van der Waals surface area (Å²) in [5.41, 5.74) is 17.3. The molecule has 0 radical (unpaired) electrons. The maximum atomic E-state index is 6.11. The highest BCUT2D eigenvalue weighted by molar-refractivity contribution is 6.30. The number of nitrogen functional groups attached to an aromatic ring is 2. The highest BCUT2D eigenvalue weighted by Gasteiger charge is 2.20. The van der Waals surface area contributed by atoms with Crippen molar-refractivity contribution in [1.82, 2.24) is 9.97 Å². The van der Waals surface area contributed by atoms with Crippen molar-refractivity contribution in [2.45, 2.75) is 13.0 Å². The minimum absolute atomic E-state index is 0. The third-order valence-electron chi connectivity index (χ3n) is 4.51. The monoisotopic (exact) mass is 387 g/mol. The molecule has 2 heterocycles. The Labute approximate surface area is 163 Å². The SMILES string of the molecule is Cl.Nc1ncc(CN2CCc3cc(-c4cccc(Cl)c4)ccc32)c(N)n1. The molecule has 0 atom stereocenters. The van der Waals surface area contributed by atoms with E-state index in [2.05, 4.69) is 39.1 Å². The van der Waals surface area contributed by atoms with Crippen molar-refractivity contribution in [3.05, 3.63) is 64.8 Å². The summed E-state index contributed by atoms with van der Waals surface area (Å²) < 4.78 is 0. The molecular formula is C19H19Cl2N5. The van der Waals surface area contributed by atoms with Gasteiger partial charge in [-0.25, -0.2) is 4.98 Å². The van der Waals surface area contributed by atoms with E-state index in [1.54, 1.807) is 6.20 Å². The minimum Gasteiger partial charge on any atom is -0.383 e. The van der Waals surface area contributed by atoms with Crippen LogP contribution in [0.25, 0.3) is 11.1 Å². The van der Waals surface area contributed by atoms with E-state index in [0.29, 0.717) is 12.4 Å². The number of nitrogens with zero attached hydrogens (tertiary/aromatic N) is 3. The van der Waals surface area contributed by atoms with Crippen LogP contribution in [0.1, 0.15) is 11.1 Å². The molecular weight excluding hydrogens is 369 g/mol. The Hall–Kier alpha value is -2.50. The Morgan fingerprint density at radius 1 is 1.08 bits per heavy atom. The van der Waals surface area contributed by atoms with E-state index in [1.165, 1.54) is 16.8 Å². The van der Waals surface area contributed by atoms with Crippen molar-refractivity contribution in [3.63, 3.8) is 0 Å². The number of fused-ring (bicyclic) bond motifs is 1. The zero-order valence-corrected chi connectivity index (χ0v) is 15.6. The Balaban J connectivity index is 0.00000196. The molecule has 0 fully saturated rings. The van der Waals surface area contributed by atoms with Crippen LogP contribution in [-0.2, 0) is 13.0 Å². The molecule has 3 aromatic rings. The van der Waals surface area contributed by atoms with Gasteiger partial charge in [0.15, 0.2) is 0 Å². The highest BCUT2D eigenvalue weighted by Crippen LogP contribution is 2.34. The molecule has 1 aliphatic heterocycles. The molecule has 26 heavy (non-hydrogen) atoms. The number of halogens is 2. The van der Waals surface area contributed by atoms with E-state index in [0.717, 1.165) is 29.1 Å². The Kier molecular flexibility index (Phi) is 5.20. The van der Waals surface area contributed by atoms with E-state index >= 15 is 0 Å². The number of hydrogen-bond acceptors (Lipinski definition) is 5. The van der Waals surface area contributed by atoms with Crippen molar-refractivity contribution >= 4 is 41.5 Å². The van der Waals surface area contributed by atoms with Crippen LogP contribution in [0.2, 0.25) is 5.02 Å². The minimum atomic E-state index is 0. The maximum Gasteiger partial charge on any atom is 0.221 e.